The molecule has 70 valence electrons. The molecule has 0 aliphatic carbocycles. The molecule has 0 bridgehead atoms. The third kappa shape index (κ3) is 4.95. The zero-order chi connectivity index (χ0) is 9.56. The molecule has 0 fully saturated rings. The molecule has 0 rings (SSSR count). The van der Waals surface area contributed by atoms with Crippen molar-refractivity contribution in [2.24, 2.45) is 0 Å². The molecule has 0 N–H and O–H groups in total. The van der Waals surface area contributed by atoms with Gasteiger partial charge in [-0.2, -0.15) is 25.3 Å². The van der Waals surface area contributed by atoms with Crippen molar-refractivity contribution in [3.05, 3.63) is 0 Å². The molecular weight excluding hydrogens is 214 g/mol. The van der Waals surface area contributed by atoms with E-state index in [1.54, 1.807) is 0 Å². The molecule has 0 radical (unpaired) electrons. The van der Waals surface area contributed by atoms with E-state index < -0.39 is 0 Å². The first-order valence-electron chi connectivity index (χ1n) is 3.24. The van der Waals surface area contributed by atoms with E-state index in [0.717, 1.165) is 11.8 Å². The van der Waals surface area contributed by atoms with Crippen LogP contribution in [0.5, 0.6) is 0 Å². The van der Waals surface area contributed by atoms with Gasteiger partial charge >= 0.3 is 0 Å². The largest absolute Gasteiger partial charge is 0.324 e. The molecule has 0 saturated heterocycles. The predicted molar refractivity (Wildman–Crippen MR) is 57.7 cm³/mol. The molecule has 0 aromatic carbocycles. The maximum Gasteiger partial charge on any atom is 0.234 e. The number of hydrogen-bond donors (Lipinski definition) is 2. The predicted octanol–water partition coefficient (Wildman–Crippen LogP) is 0.869. The van der Waals surface area contributed by atoms with Crippen molar-refractivity contribution in [2.75, 3.05) is 17.5 Å². The van der Waals surface area contributed by atoms with Crippen LogP contribution >= 0.6 is 37.0 Å². The van der Waals surface area contributed by atoms with E-state index in [2.05, 4.69) is 25.3 Å². The highest BCUT2D eigenvalue weighted by Crippen LogP contribution is 2.04. The maximum atomic E-state index is 11.2. The molecule has 0 saturated carbocycles. The number of thiol groups is 2. The Morgan fingerprint density at radius 2 is 1.83 bits per heavy atom. The number of carbonyl (C=O) groups excluding carboxylic acids is 2. The second-order valence-electron chi connectivity index (χ2n) is 2.00. The van der Waals surface area contributed by atoms with Crippen LogP contribution in [0.4, 0.5) is 0 Å². The zero-order valence-corrected chi connectivity index (χ0v) is 9.29. The fourth-order valence-corrected chi connectivity index (χ4v) is 1.64. The van der Waals surface area contributed by atoms with E-state index in [-0.39, 0.29) is 16.8 Å². The average molecular weight is 225 g/mol. The van der Waals surface area contributed by atoms with Crippen molar-refractivity contribution >= 4 is 48.0 Å². The van der Waals surface area contributed by atoms with Crippen LogP contribution in [0.2, 0.25) is 0 Å². The average Bonchev–Trinajstić information content (AvgIpc) is 2.03. The van der Waals surface area contributed by atoms with Crippen LogP contribution in [0.15, 0.2) is 0 Å². The summed E-state index contributed by atoms with van der Waals surface area (Å²) in [6, 6.07) is 0. The normalized spacial score (nSPS) is 9.58. The minimum absolute atomic E-state index is 0.0540. The highest BCUT2D eigenvalue weighted by atomic mass is 32.2. The molecule has 0 spiro atoms. The first kappa shape index (κ1) is 12.2. The lowest BCUT2D eigenvalue weighted by Crippen LogP contribution is -2.30. The first-order chi connectivity index (χ1) is 5.61. The van der Waals surface area contributed by atoms with Crippen molar-refractivity contribution < 1.29 is 9.59 Å². The SMILES string of the molecule is CC(=O)SCC(=O)N(CS)CS. The summed E-state index contributed by atoms with van der Waals surface area (Å²) in [5.74, 6) is 0.734. The third-order valence-corrected chi connectivity index (χ3v) is 2.57. The molecule has 6 heteroatoms. The Balaban J connectivity index is 3.77. The Kier molecular flexibility index (Phi) is 6.78. The number of amides is 1. The van der Waals surface area contributed by atoms with Gasteiger partial charge in [-0.15, -0.1) is 0 Å². The number of nitrogens with zero attached hydrogens (tertiary/aromatic N) is 1. The highest BCUT2D eigenvalue weighted by molar-refractivity contribution is 8.14. The monoisotopic (exact) mass is 225 g/mol. The summed E-state index contributed by atoms with van der Waals surface area (Å²) in [6.45, 7) is 1.43. The number of rotatable bonds is 4. The van der Waals surface area contributed by atoms with Crippen molar-refractivity contribution in [1.82, 2.24) is 4.90 Å². The molecular formula is C6H11NO2S3. The number of carbonyl (C=O) groups is 2. The van der Waals surface area contributed by atoms with Crippen LogP contribution in [0.1, 0.15) is 6.92 Å². The summed E-state index contributed by atoms with van der Waals surface area (Å²) < 4.78 is 0. The van der Waals surface area contributed by atoms with E-state index >= 15 is 0 Å². The Morgan fingerprint density at radius 1 is 1.33 bits per heavy atom. The minimum Gasteiger partial charge on any atom is -0.324 e. The van der Waals surface area contributed by atoms with Gasteiger partial charge in [0.15, 0.2) is 5.12 Å². The molecule has 0 atom stereocenters. The van der Waals surface area contributed by atoms with Gasteiger partial charge in [0.05, 0.1) is 17.5 Å². The lowest BCUT2D eigenvalue weighted by molar-refractivity contribution is -0.126. The van der Waals surface area contributed by atoms with Crippen LogP contribution in [-0.2, 0) is 9.59 Å². The summed E-state index contributed by atoms with van der Waals surface area (Å²) in [7, 11) is 0. The van der Waals surface area contributed by atoms with Crippen molar-refractivity contribution in [1.29, 1.82) is 0 Å². The van der Waals surface area contributed by atoms with Gasteiger partial charge in [0, 0.05) is 6.92 Å². The maximum absolute atomic E-state index is 11.2. The topological polar surface area (TPSA) is 37.4 Å². The fraction of sp³-hybridized carbons (Fsp3) is 0.667. The molecule has 3 nitrogen and oxygen atoms in total. The van der Waals surface area contributed by atoms with Gasteiger partial charge in [-0.25, -0.2) is 0 Å². The molecule has 1 amide bonds. The lowest BCUT2D eigenvalue weighted by atomic mass is 10.6. The van der Waals surface area contributed by atoms with E-state index in [1.807, 2.05) is 0 Å². The van der Waals surface area contributed by atoms with Crippen LogP contribution < -0.4 is 0 Å². The molecule has 0 aliphatic rings. The van der Waals surface area contributed by atoms with Crippen molar-refractivity contribution in [3.8, 4) is 0 Å². The summed E-state index contributed by atoms with van der Waals surface area (Å²) in [5.41, 5.74) is 0. The summed E-state index contributed by atoms with van der Waals surface area (Å²) in [6.07, 6.45) is 0. The summed E-state index contributed by atoms with van der Waals surface area (Å²) in [5, 5.41) is -0.0540. The molecule has 0 aliphatic heterocycles. The Bertz CT molecular complexity index is 170. The van der Waals surface area contributed by atoms with Crippen LogP contribution in [0.3, 0.4) is 0 Å². The van der Waals surface area contributed by atoms with Gasteiger partial charge in [0.25, 0.3) is 0 Å². The van der Waals surface area contributed by atoms with E-state index in [4.69, 9.17) is 0 Å². The molecule has 0 aromatic heterocycles. The van der Waals surface area contributed by atoms with Gasteiger partial charge in [0.2, 0.25) is 5.91 Å². The van der Waals surface area contributed by atoms with E-state index in [1.165, 1.54) is 11.8 Å². The molecule has 0 heterocycles. The van der Waals surface area contributed by atoms with Gasteiger partial charge in [-0.05, 0) is 0 Å². The van der Waals surface area contributed by atoms with Gasteiger partial charge < -0.3 is 4.90 Å². The van der Waals surface area contributed by atoms with Gasteiger partial charge in [-0.3, -0.25) is 9.59 Å². The zero-order valence-electron chi connectivity index (χ0n) is 6.69. The van der Waals surface area contributed by atoms with Gasteiger partial charge in [-0.1, -0.05) is 11.8 Å². The van der Waals surface area contributed by atoms with E-state index in [9.17, 15) is 9.59 Å². The van der Waals surface area contributed by atoms with Crippen LogP contribution in [0, 0.1) is 0 Å². The molecule has 0 unspecified atom stereocenters. The summed E-state index contributed by atoms with van der Waals surface area (Å²) in [4.78, 5) is 23.1. The molecule has 12 heavy (non-hydrogen) atoms. The quantitative estimate of drug-likeness (QED) is 0.551. The number of thioether (sulfide) groups is 1. The third-order valence-electron chi connectivity index (χ3n) is 1.09. The lowest BCUT2D eigenvalue weighted by Gasteiger charge is -2.16. The van der Waals surface area contributed by atoms with Crippen LogP contribution in [-0.4, -0.2) is 33.4 Å². The van der Waals surface area contributed by atoms with E-state index in [0.29, 0.717) is 11.8 Å². The Labute approximate surface area is 87.1 Å². The highest BCUT2D eigenvalue weighted by Gasteiger charge is 2.10. The smallest absolute Gasteiger partial charge is 0.234 e. The van der Waals surface area contributed by atoms with Crippen LogP contribution in [0.25, 0.3) is 0 Å². The Morgan fingerprint density at radius 3 is 2.17 bits per heavy atom. The first-order valence-corrected chi connectivity index (χ1v) is 5.49. The summed E-state index contributed by atoms with van der Waals surface area (Å²) >= 11 is 8.88. The number of hydrogen-bond acceptors (Lipinski definition) is 5. The Hall–Kier alpha value is 0.190. The van der Waals surface area contributed by atoms with Gasteiger partial charge in [0.1, 0.15) is 0 Å². The second-order valence-corrected chi connectivity index (χ2v) is 3.71. The second kappa shape index (κ2) is 6.68. The van der Waals surface area contributed by atoms with Crippen molar-refractivity contribution in [2.45, 2.75) is 6.92 Å². The van der Waals surface area contributed by atoms with Crippen molar-refractivity contribution in [3.63, 3.8) is 0 Å². The molecule has 0 aromatic rings. The fourth-order valence-electron chi connectivity index (χ4n) is 0.457. The minimum atomic E-state index is -0.111. The standard InChI is InChI=1S/C6H11NO2S3/c1-5(8)12-2-6(9)7(3-10)4-11/h10-11H,2-4H2,1H3.